The molecular formula is C8H11N3O3. The Morgan fingerprint density at radius 2 is 1.79 bits per heavy atom. The number of nitro benzene ring substituents is 1. The lowest BCUT2D eigenvalue weighted by atomic mass is 10.3. The molecule has 0 fully saturated rings. The summed E-state index contributed by atoms with van der Waals surface area (Å²) in [7, 11) is 0. The molecule has 6 nitrogen and oxygen atoms in total. The predicted molar refractivity (Wildman–Crippen MR) is 51.3 cm³/mol. The molecule has 1 aromatic carbocycles. The van der Waals surface area contributed by atoms with Gasteiger partial charge in [0.25, 0.3) is 5.69 Å². The Balaban J connectivity index is 0.000000292. The van der Waals surface area contributed by atoms with Crippen molar-refractivity contribution in [2.24, 2.45) is 11.5 Å². The van der Waals surface area contributed by atoms with Gasteiger partial charge in [0.2, 0.25) is 5.91 Å². The first-order valence-corrected chi connectivity index (χ1v) is 3.75. The number of para-hydroxylation sites is 1. The number of amides is 1. The summed E-state index contributed by atoms with van der Waals surface area (Å²) in [6.45, 7) is -0.0556. The average molecular weight is 197 g/mol. The molecule has 0 aliphatic carbocycles. The van der Waals surface area contributed by atoms with Crippen LogP contribution in [0.15, 0.2) is 30.3 Å². The first-order valence-electron chi connectivity index (χ1n) is 3.75. The number of hydrogen-bond acceptors (Lipinski definition) is 4. The maximum atomic E-state index is 10.0. The number of nitro groups is 1. The number of benzene rings is 1. The van der Waals surface area contributed by atoms with Gasteiger partial charge < -0.3 is 11.5 Å². The monoisotopic (exact) mass is 197 g/mol. The summed E-state index contributed by atoms with van der Waals surface area (Å²) in [5.41, 5.74) is 9.36. The normalized spacial score (nSPS) is 8.36. The molecule has 0 aromatic heterocycles. The Morgan fingerprint density at radius 1 is 1.36 bits per heavy atom. The van der Waals surface area contributed by atoms with Crippen molar-refractivity contribution >= 4 is 11.6 Å². The van der Waals surface area contributed by atoms with Gasteiger partial charge in [-0.1, -0.05) is 18.2 Å². The fourth-order valence-corrected chi connectivity index (χ4v) is 0.550. The van der Waals surface area contributed by atoms with Crippen LogP contribution in [0.4, 0.5) is 5.69 Å². The van der Waals surface area contributed by atoms with Crippen molar-refractivity contribution in [3.63, 3.8) is 0 Å². The number of nitrogens with zero attached hydrogens (tertiary/aromatic N) is 1. The van der Waals surface area contributed by atoms with Gasteiger partial charge in [-0.05, 0) is 0 Å². The summed E-state index contributed by atoms with van der Waals surface area (Å²) in [6.07, 6.45) is 0. The maximum Gasteiger partial charge on any atom is 0.269 e. The number of nitrogens with two attached hydrogens (primary N) is 2. The van der Waals surface area contributed by atoms with E-state index in [2.05, 4.69) is 5.73 Å². The fraction of sp³-hybridized carbons (Fsp3) is 0.125. The summed E-state index contributed by atoms with van der Waals surface area (Å²) in [5.74, 6) is -0.468. The number of carbonyl (C=O) groups excluding carboxylic acids is 1. The standard InChI is InChI=1S/C6H5NO2.C2H6N2O/c8-7(9)6-4-2-1-3-5-6;3-1-2(4)5/h1-5H;1,3H2,(H2,4,5). The zero-order chi connectivity index (χ0) is 11.0. The van der Waals surface area contributed by atoms with Gasteiger partial charge in [-0.15, -0.1) is 0 Å². The van der Waals surface area contributed by atoms with Crippen LogP contribution in [0.25, 0.3) is 0 Å². The zero-order valence-corrected chi connectivity index (χ0v) is 7.42. The van der Waals surface area contributed by atoms with Gasteiger partial charge >= 0.3 is 0 Å². The molecule has 1 rings (SSSR count). The Labute approximate surface area is 80.7 Å². The van der Waals surface area contributed by atoms with Crippen LogP contribution in [0, 0.1) is 10.1 Å². The highest BCUT2D eigenvalue weighted by Crippen LogP contribution is 2.06. The molecule has 0 radical (unpaired) electrons. The molecule has 0 unspecified atom stereocenters. The number of hydrogen-bond donors (Lipinski definition) is 2. The second kappa shape index (κ2) is 6.55. The summed E-state index contributed by atoms with van der Waals surface area (Å²) >= 11 is 0. The number of rotatable bonds is 2. The van der Waals surface area contributed by atoms with Gasteiger partial charge in [0, 0.05) is 12.1 Å². The molecule has 0 spiro atoms. The lowest BCUT2D eigenvalue weighted by Gasteiger charge is -1.85. The van der Waals surface area contributed by atoms with Gasteiger partial charge in [-0.2, -0.15) is 0 Å². The van der Waals surface area contributed by atoms with Crippen LogP contribution < -0.4 is 11.5 Å². The highest BCUT2D eigenvalue weighted by molar-refractivity contribution is 5.75. The van der Waals surface area contributed by atoms with E-state index in [4.69, 9.17) is 5.73 Å². The average Bonchev–Trinajstić information content (AvgIpc) is 2.20. The third-order valence-corrected chi connectivity index (χ3v) is 1.17. The fourth-order valence-electron chi connectivity index (χ4n) is 0.550. The van der Waals surface area contributed by atoms with Crippen molar-refractivity contribution in [2.75, 3.05) is 6.54 Å². The Bertz CT molecular complexity index is 300. The summed E-state index contributed by atoms with van der Waals surface area (Å²) in [6, 6.07) is 7.93. The zero-order valence-electron chi connectivity index (χ0n) is 7.42. The SMILES string of the molecule is NCC(N)=O.O=[N+]([O-])c1ccccc1. The van der Waals surface area contributed by atoms with E-state index in [0.29, 0.717) is 0 Å². The van der Waals surface area contributed by atoms with Crippen LogP contribution >= 0.6 is 0 Å². The van der Waals surface area contributed by atoms with E-state index in [1.807, 2.05) is 0 Å². The lowest BCUT2D eigenvalue weighted by molar-refractivity contribution is -0.384. The van der Waals surface area contributed by atoms with Crippen LogP contribution in [0.1, 0.15) is 0 Å². The Morgan fingerprint density at radius 3 is 2.00 bits per heavy atom. The van der Waals surface area contributed by atoms with Gasteiger partial charge in [0.05, 0.1) is 11.5 Å². The minimum atomic E-state index is -0.468. The Hall–Kier alpha value is -1.95. The molecule has 0 aliphatic rings. The molecule has 0 atom stereocenters. The minimum Gasteiger partial charge on any atom is -0.369 e. The molecule has 0 heterocycles. The number of primary amides is 1. The smallest absolute Gasteiger partial charge is 0.269 e. The highest BCUT2D eigenvalue weighted by atomic mass is 16.6. The second-order valence-electron chi connectivity index (χ2n) is 2.26. The first-order chi connectivity index (χ1) is 6.57. The van der Waals surface area contributed by atoms with Gasteiger partial charge in [-0.25, -0.2) is 0 Å². The summed E-state index contributed by atoms with van der Waals surface area (Å²) < 4.78 is 0. The number of carbonyl (C=O) groups is 1. The lowest BCUT2D eigenvalue weighted by Crippen LogP contribution is -2.21. The predicted octanol–water partition coefficient (Wildman–Crippen LogP) is 0.0252. The molecule has 0 saturated heterocycles. The van der Waals surface area contributed by atoms with Crippen LogP contribution in [-0.2, 0) is 4.79 Å². The molecule has 4 N–H and O–H groups in total. The first kappa shape index (κ1) is 12.0. The molecule has 14 heavy (non-hydrogen) atoms. The van der Waals surface area contributed by atoms with E-state index in [9.17, 15) is 14.9 Å². The van der Waals surface area contributed by atoms with Gasteiger partial charge in [-0.3, -0.25) is 14.9 Å². The van der Waals surface area contributed by atoms with Crippen LogP contribution in [0.3, 0.4) is 0 Å². The highest BCUT2D eigenvalue weighted by Gasteiger charge is 1.98. The third-order valence-electron chi connectivity index (χ3n) is 1.17. The van der Waals surface area contributed by atoms with Crippen LogP contribution in [0.5, 0.6) is 0 Å². The molecule has 6 heteroatoms. The van der Waals surface area contributed by atoms with Crippen molar-refractivity contribution in [2.45, 2.75) is 0 Å². The summed E-state index contributed by atoms with van der Waals surface area (Å²) in [4.78, 5) is 19.1. The molecule has 1 amide bonds. The van der Waals surface area contributed by atoms with E-state index in [1.54, 1.807) is 18.2 Å². The van der Waals surface area contributed by atoms with Gasteiger partial charge in [0.1, 0.15) is 0 Å². The number of non-ortho nitro benzene ring substituents is 1. The van der Waals surface area contributed by atoms with E-state index < -0.39 is 10.8 Å². The Kier molecular flexibility index (Phi) is 5.64. The quantitative estimate of drug-likeness (QED) is 0.514. The van der Waals surface area contributed by atoms with Crippen molar-refractivity contribution in [3.05, 3.63) is 40.4 Å². The minimum absolute atomic E-state index is 0.0556. The molecule has 0 aliphatic heterocycles. The van der Waals surface area contributed by atoms with E-state index in [1.165, 1.54) is 12.1 Å². The van der Waals surface area contributed by atoms with Crippen molar-refractivity contribution < 1.29 is 9.72 Å². The summed E-state index contributed by atoms with van der Waals surface area (Å²) in [5, 5.41) is 10.0. The molecule has 76 valence electrons. The van der Waals surface area contributed by atoms with Gasteiger partial charge in [0.15, 0.2) is 0 Å². The molecule has 0 saturated carbocycles. The second-order valence-corrected chi connectivity index (χ2v) is 2.26. The van der Waals surface area contributed by atoms with Crippen molar-refractivity contribution in [1.82, 2.24) is 0 Å². The largest absolute Gasteiger partial charge is 0.369 e. The van der Waals surface area contributed by atoms with Crippen molar-refractivity contribution in [1.29, 1.82) is 0 Å². The van der Waals surface area contributed by atoms with E-state index in [-0.39, 0.29) is 12.2 Å². The topological polar surface area (TPSA) is 112 Å². The molecular weight excluding hydrogens is 186 g/mol. The molecule has 0 bridgehead atoms. The van der Waals surface area contributed by atoms with Crippen LogP contribution in [-0.4, -0.2) is 17.4 Å². The van der Waals surface area contributed by atoms with Crippen molar-refractivity contribution in [3.8, 4) is 0 Å². The van der Waals surface area contributed by atoms with E-state index in [0.717, 1.165) is 0 Å². The van der Waals surface area contributed by atoms with Crippen LogP contribution in [0.2, 0.25) is 0 Å². The maximum absolute atomic E-state index is 10.0. The molecule has 1 aromatic rings. The van der Waals surface area contributed by atoms with E-state index >= 15 is 0 Å². The third kappa shape index (κ3) is 5.67.